The zero-order valence-electron chi connectivity index (χ0n) is 18.7. The van der Waals surface area contributed by atoms with Gasteiger partial charge in [-0.3, -0.25) is 4.99 Å². The Morgan fingerprint density at radius 3 is 2.47 bits per heavy atom. The van der Waals surface area contributed by atoms with Gasteiger partial charge in [-0.05, 0) is 25.5 Å². The number of para-hydroxylation sites is 1. The van der Waals surface area contributed by atoms with Crippen molar-refractivity contribution in [1.29, 1.82) is 0 Å². The van der Waals surface area contributed by atoms with Crippen molar-refractivity contribution >= 4 is 5.84 Å². The molecule has 3 rings (SSSR count). The fraction of sp³-hybridized carbons (Fsp3) is 0.320. The van der Waals surface area contributed by atoms with Gasteiger partial charge < -0.3 is 19.5 Å². The molecule has 1 unspecified atom stereocenters. The van der Waals surface area contributed by atoms with Crippen LogP contribution in [0.25, 0.3) is 0 Å². The summed E-state index contributed by atoms with van der Waals surface area (Å²) in [4.78, 5) is 4.24. The van der Waals surface area contributed by atoms with Crippen LogP contribution in [0, 0.1) is 6.92 Å². The third kappa shape index (κ3) is 5.34. The van der Waals surface area contributed by atoms with E-state index in [1.165, 1.54) is 0 Å². The molecule has 1 N–H and O–H groups in total. The molecule has 0 saturated carbocycles. The molecule has 0 amide bonds. The van der Waals surface area contributed by atoms with E-state index in [9.17, 15) is 8.78 Å². The fourth-order valence-corrected chi connectivity index (χ4v) is 3.56. The predicted octanol–water partition coefficient (Wildman–Crippen LogP) is 5.37. The number of nitrogens with one attached hydrogen (secondary N) is 1. The van der Waals surface area contributed by atoms with Crippen molar-refractivity contribution in [3.05, 3.63) is 82.6 Å². The number of aliphatic imine (C=N–C) groups is 1. The summed E-state index contributed by atoms with van der Waals surface area (Å²) >= 11 is 0. The average Bonchev–Trinajstić information content (AvgIpc) is 3.21. The summed E-state index contributed by atoms with van der Waals surface area (Å²) in [5, 5.41) is 3.13. The first-order chi connectivity index (χ1) is 15.5. The zero-order valence-corrected chi connectivity index (χ0v) is 18.7. The molecule has 0 bridgehead atoms. The molecule has 0 saturated heterocycles. The predicted molar refractivity (Wildman–Crippen MR) is 122 cm³/mol. The number of rotatable bonds is 9. The van der Waals surface area contributed by atoms with Crippen LogP contribution in [0.2, 0.25) is 0 Å². The smallest absolute Gasteiger partial charge is 0.272 e. The number of methoxy groups -OCH3 is 1. The molecule has 0 aromatic heterocycles. The highest BCUT2D eigenvalue weighted by molar-refractivity contribution is 6.05. The van der Waals surface area contributed by atoms with Crippen molar-refractivity contribution in [3.63, 3.8) is 0 Å². The minimum Gasteiger partial charge on any atom is -0.485 e. The van der Waals surface area contributed by atoms with Crippen molar-refractivity contribution in [3.8, 4) is 11.5 Å². The molecular formula is C25H28F2N2O3. The second kappa shape index (κ2) is 10.9. The number of alkyl halides is 2. The van der Waals surface area contributed by atoms with Crippen molar-refractivity contribution in [2.75, 3.05) is 20.8 Å². The molecule has 1 atom stereocenters. The van der Waals surface area contributed by atoms with Gasteiger partial charge in [-0.2, -0.15) is 0 Å². The molecule has 0 fully saturated rings. The topological polar surface area (TPSA) is 52.1 Å². The summed E-state index contributed by atoms with van der Waals surface area (Å²) in [5.41, 5.74) is 4.41. The van der Waals surface area contributed by atoms with Gasteiger partial charge in [-0.15, -0.1) is 0 Å². The van der Waals surface area contributed by atoms with Crippen LogP contribution in [0.3, 0.4) is 0 Å². The quantitative estimate of drug-likeness (QED) is 0.568. The van der Waals surface area contributed by atoms with Crippen LogP contribution in [0.4, 0.5) is 8.78 Å². The summed E-state index contributed by atoms with van der Waals surface area (Å²) < 4.78 is 43.4. The largest absolute Gasteiger partial charge is 0.485 e. The molecule has 5 nitrogen and oxygen atoms in total. The highest BCUT2D eigenvalue weighted by Crippen LogP contribution is 2.42. The lowest BCUT2D eigenvalue weighted by Gasteiger charge is -2.23. The number of amidine groups is 1. The Kier molecular flexibility index (Phi) is 8.00. The van der Waals surface area contributed by atoms with Crippen LogP contribution in [-0.4, -0.2) is 33.0 Å². The van der Waals surface area contributed by atoms with Gasteiger partial charge >= 0.3 is 0 Å². The molecule has 0 radical (unpaired) electrons. The maximum Gasteiger partial charge on any atom is 0.272 e. The molecule has 1 aliphatic rings. The normalized spacial score (nSPS) is 16.9. The van der Waals surface area contributed by atoms with Crippen molar-refractivity contribution < 1.29 is 23.0 Å². The van der Waals surface area contributed by atoms with E-state index in [0.29, 0.717) is 17.1 Å². The highest BCUT2D eigenvalue weighted by atomic mass is 19.3. The van der Waals surface area contributed by atoms with E-state index in [1.807, 2.05) is 50.4 Å². The van der Waals surface area contributed by atoms with Crippen LogP contribution in [-0.2, 0) is 11.3 Å². The number of halogens is 2. The summed E-state index contributed by atoms with van der Waals surface area (Å²) in [7, 11) is 3.26. The summed E-state index contributed by atoms with van der Waals surface area (Å²) in [6, 6.07) is 13.2. The standard InChI is InChI=1S/C25H28F2N2O3/c1-5-18-20(13-29-25(18)28-3)23(30-4)19-7-6-8-21(24(19)32-15-22(26)27)31-14-17-11-9-16(2)10-12-17/h5-13,22-23H,14-15H2,1-4H3,(H,28,29)/b18-5-. The van der Waals surface area contributed by atoms with E-state index in [0.717, 1.165) is 22.3 Å². The first kappa shape index (κ1) is 23.5. The van der Waals surface area contributed by atoms with Gasteiger partial charge in [0.25, 0.3) is 6.43 Å². The Hall–Kier alpha value is -3.19. The third-order valence-corrected chi connectivity index (χ3v) is 5.12. The maximum absolute atomic E-state index is 13.0. The van der Waals surface area contributed by atoms with Gasteiger partial charge in [0.15, 0.2) is 11.5 Å². The summed E-state index contributed by atoms with van der Waals surface area (Å²) in [6.45, 7) is 3.45. The molecule has 170 valence electrons. The Morgan fingerprint density at radius 2 is 1.84 bits per heavy atom. The number of aryl methyl sites for hydroxylation is 1. The summed E-state index contributed by atoms with van der Waals surface area (Å²) in [6.07, 6.45) is 0.551. The van der Waals surface area contributed by atoms with E-state index in [4.69, 9.17) is 14.2 Å². The monoisotopic (exact) mass is 442 g/mol. The van der Waals surface area contributed by atoms with Crippen LogP contribution in [0.5, 0.6) is 11.5 Å². The van der Waals surface area contributed by atoms with Gasteiger partial charge in [0.05, 0.1) is 0 Å². The molecule has 1 heterocycles. The molecule has 2 aromatic rings. The lowest BCUT2D eigenvalue weighted by molar-refractivity contribution is 0.0755. The van der Waals surface area contributed by atoms with Crippen LogP contribution < -0.4 is 14.8 Å². The molecular weight excluding hydrogens is 414 g/mol. The van der Waals surface area contributed by atoms with Crippen molar-refractivity contribution in [2.45, 2.75) is 33.0 Å². The van der Waals surface area contributed by atoms with E-state index >= 15 is 0 Å². The molecule has 2 aromatic carbocycles. The van der Waals surface area contributed by atoms with E-state index in [1.54, 1.807) is 32.4 Å². The SMILES string of the molecule is C/C=C1/C(C(OC)c2cccc(OCc3ccc(C)cc3)c2OCC(F)F)=CNC1=NC. The zero-order chi connectivity index (χ0) is 23.1. The number of hydrogen-bond acceptors (Lipinski definition) is 4. The molecule has 7 heteroatoms. The van der Waals surface area contributed by atoms with E-state index in [2.05, 4.69) is 10.3 Å². The maximum atomic E-state index is 13.0. The van der Waals surface area contributed by atoms with Gasteiger partial charge in [-0.25, -0.2) is 8.78 Å². The van der Waals surface area contributed by atoms with Crippen molar-refractivity contribution in [2.24, 2.45) is 4.99 Å². The minimum atomic E-state index is -2.62. The van der Waals surface area contributed by atoms with Gasteiger partial charge in [0, 0.05) is 37.1 Å². The molecule has 0 aliphatic carbocycles. The highest BCUT2D eigenvalue weighted by Gasteiger charge is 2.30. The van der Waals surface area contributed by atoms with Crippen LogP contribution in [0.1, 0.15) is 29.7 Å². The lowest BCUT2D eigenvalue weighted by Crippen LogP contribution is -2.15. The number of hydrogen-bond donors (Lipinski definition) is 1. The Balaban J connectivity index is 1.96. The van der Waals surface area contributed by atoms with E-state index in [-0.39, 0.29) is 12.4 Å². The second-order valence-electron chi connectivity index (χ2n) is 7.29. The Labute approximate surface area is 187 Å². The summed E-state index contributed by atoms with van der Waals surface area (Å²) in [5.74, 6) is 1.33. The van der Waals surface area contributed by atoms with Crippen molar-refractivity contribution in [1.82, 2.24) is 5.32 Å². The lowest BCUT2D eigenvalue weighted by atomic mass is 9.95. The second-order valence-corrected chi connectivity index (χ2v) is 7.29. The number of ether oxygens (including phenoxy) is 3. The first-order valence-corrected chi connectivity index (χ1v) is 10.3. The fourth-order valence-electron chi connectivity index (χ4n) is 3.56. The molecule has 32 heavy (non-hydrogen) atoms. The average molecular weight is 443 g/mol. The van der Waals surface area contributed by atoms with E-state index < -0.39 is 19.1 Å². The minimum absolute atomic E-state index is 0.241. The van der Waals surface area contributed by atoms with Gasteiger partial charge in [0.2, 0.25) is 0 Å². The molecule has 1 aliphatic heterocycles. The molecule has 0 spiro atoms. The Morgan fingerprint density at radius 1 is 1.09 bits per heavy atom. The first-order valence-electron chi connectivity index (χ1n) is 10.3. The number of benzene rings is 2. The number of nitrogens with zero attached hydrogens (tertiary/aromatic N) is 1. The Bertz CT molecular complexity index is 1010. The van der Waals surface area contributed by atoms with Gasteiger partial charge in [-0.1, -0.05) is 48.0 Å². The van der Waals surface area contributed by atoms with Crippen LogP contribution in [0.15, 0.2) is 70.9 Å². The third-order valence-electron chi connectivity index (χ3n) is 5.12. The van der Waals surface area contributed by atoms with Gasteiger partial charge in [0.1, 0.15) is 25.2 Å². The number of allylic oxidation sites excluding steroid dienone is 1. The van der Waals surface area contributed by atoms with Crippen LogP contribution >= 0.6 is 0 Å².